The van der Waals surface area contributed by atoms with Gasteiger partial charge in [-0.1, -0.05) is 13.0 Å². The van der Waals surface area contributed by atoms with Crippen molar-refractivity contribution in [3.63, 3.8) is 0 Å². The molecule has 1 rings (SSSR count). The molecule has 102 valence electrons. The van der Waals surface area contributed by atoms with Crippen LogP contribution in [0.4, 0.5) is 0 Å². The number of ether oxygens (including phenoxy) is 1. The monoisotopic (exact) mass is 281 g/mol. The highest BCUT2D eigenvalue weighted by Gasteiger charge is 2.15. The van der Waals surface area contributed by atoms with E-state index in [9.17, 15) is 9.00 Å². The number of carboxylic acid groups (broad SMARTS) is 1. The van der Waals surface area contributed by atoms with Crippen molar-refractivity contribution < 1.29 is 18.8 Å². The summed E-state index contributed by atoms with van der Waals surface area (Å²) in [6.45, 7) is 1.52. The molecule has 0 aliphatic rings. The van der Waals surface area contributed by atoms with Gasteiger partial charge in [-0.05, 0) is 17.7 Å². The van der Waals surface area contributed by atoms with Crippen molar-refractivity contribution in [1.82, 2.24) is 0 Å². The summed E-state index contributed by atoms with van der Waals surface area (Å²) in [6, 6.07) is 6.98. The molecule has 5 nitrogen and oxygen atoms in total. The van der Waals surface area contributed by atoms with Gasteiger partial charge in [-0.25, -0.2) is 0 Å². The molecule has 2 unspecified atom stereocenters. The Balaban J connectivity index is 2.75. The fraction of sp³-hybridized carbons (Fsp3) is 0.385. The molecule has 6 heteroatoms. The number of hydrogen-bond donors (Lipinski definition) is 1. The third-order valence-corrected chi connectivity index (χ3v) is 4.10. The largest absolute Gasteiger partial charge is 0.495 e. The first-order valence-corrected chi connectivity index (χ1v) is 7.11. The van der Waals surface area contributed by atoms with Crippen LogP contribution in [-0.4, -0.2) is 28.1 Å². The van der Waals surface area contributed by atoms with E-state index in [-0.39, 0.29) is 11.5 Å². The molecule has 0 aromatic heterocycles. The molecule has 1 N–H and O–H groups in total. The SMILES string of the molecule is COc1ccc(CS(=O)CC(C)C(=O)O)cc1C#N. The molecule has 0 saturated heterocycles. The lowest BCUT2D eigenvalue weighted by Gasteiger charge is -2.08. The van der Waals surface area contributed by atoms with Gasteiger partial charge in [0.2, 0.25) is 0 Å². The number of hydrogen-bond acceptors (Lipinski definition) is 4. The quantitative estimate of drug-likeness (QED) is 0.854. The molecule has 0 bridgehead atoms. The lowest BCUT2D eigenvalue weighted by Crippen LogP contribution is -2.18. The summed E-state index contributed by atoms with van der Waals surface area (Å²) in [5.74, 6) is -0.800. The van der Waals surface area contributed by atoms with E-state index >= 15 is 0 Å². The van der Waals surface area contributed by atoms with Crippen molar-refractivity contribution in [3.8, 4) is 11.8 Å². The first kappa shape index (κ1) is 15.2. The minimum absolute atomic E-state index is 0.100. The average molecular weight is 281 g/mol. The Hall–Kier alpha value is -1.87. The van der Waals surface area contributed by atoms with Gasteiger partial charge in [0.15, 0.2) is 0 Å². The van der Waals surface area contributed by atoms with E-state index in [4.69, 9.17) is 15.1 Å². The fourth-order valence-corrected chi connectivity index (χ4v) is 2.90. The highest BCUT2D eigenvalue weighted by atomic mass is 32.2. The number of rotatable bonds is 6. The predicted octanol–water partition coefficient (Wildman–Crippen LogP) is 1.54. The minimum atomic E-state index is -1.27. The van der Waals surface area contributed by atoms with Gasteiger partial charge < -0.3 is 9.84 Å². The van der Waals surface area contributed by atoms with Gasteiger partial charge in [-0.2, -0.15) is 5.26 Å². The molecule has 0 fully saturated rings. The zero-order valence-electron chi connectivity index (χ0n) is 10.8. The van der Waals surface area contributed by atoms with Crippen LogP contribution in [0.2, 0.25) is 0 Å². The van der Waals surface area contributed by atoms with E-state index < -0.39 is 22.7 Å². The van der Waals surface area contributed by atoms with Gasteiger partial charge in [-0.15, -0.1) is 0 Å². The molecule has 0 spiro atoms. The van der Waals surface area contributed by atoms with Gasteiger partial charge in [-0.3, -0.25) is 9.00 Å². The second kappa shape index (κ2) is 6.90. The molecule has 0 aliphatic heterocycles. The standard InChI is InChI=1S/C13H15NO4S/c1-9(13(15)16)7-19(17)8-10-3-4-12(18-2)11(5-10)6-14/h3-5,9H,7-8H2,1-2H3,(H,15,16). The van der Waals surface area contributed by atoms with Crippen LogP contribution in [0.25, 0.3) is 0 Å². The minimum Gasteiger partial charge on any atom is -0.495 e. The van der Waals surface area contributed by atoms with E-state index in [0.717, 1.165) is 5.56 Å². The van der Waals surface area contributed by atoms with Crippen LogP contribution in [0, 0.1) is 17.2 Å². The van der Waals surface area contributed by atoms with Crippen LogP contribution in [0.5, 0.6) is 5.75 Å². The maximum atomic E-state index is 11.8. The van der Waals surface area contributed by atoms with Gasteiger partial charge in [0.05, 0.1) is 18.6 Å². The second-order valence-corrected chi connectivity index (χ2v) is 5.64. The summed E-state index contributed by atoms with van der Waals surface area (Å²) in [6.07, 6.45) is 0. The van der Waals surface area contributed by atoms with Crippen molar-refractivity contribution in [2.75, 3.05) is 12.9 Å². The van der Waals surface area contributed by atoms with E-state index in [1.807, 2.05) is 6.07 Å². The van der Waals surface area contributed by atoms with Crippen LogP contribution < -0.4 is 4.74 Å². The van der Waals surface area contributed by atoms with E-state index in [0.29, 0.717) is 11.3 Å². The Bertz CT molecular complexity index is 536. The summed E-state index contributed by atoms with van der Waals surface area (Å²) in [7, 11) is 0.203. The Morgan fingerprint density at radius 2 is 2.26 bits per heavy atom. The number of benzene rings is 1. The first-order chi connectivity index (χ1) is 8.97. The van der Waals surface area contributed by atoms with Crippen molar-refractivity contribution >= 4 is 16.8 Å². The predicted molar refractivity (Wildman–Crippen MR) is 71.2 cm³/mol. The zero-order chi connectivity index (χ0) is 14.4. The molecule has 19 heavy (non-hydrogen) atoms. The maximum Gasteiger partial charge on any atom is 0.307 e. The Morgan fingerprint density at radius 3 is 2.79 bits per heavy atom. The number of carbonyl (C=O) groups is 1. The number of aliphatic carboxylic acids is 1. The van der Waals surface area contributed by atoms with E-state index in [1.165, 1.54) is 14.0 Å². The summed E-state index contributed by atoms with van der Waals surface area (Å²) < 4.78 is 16.8. The normalized spacial score (nSPS) is 13.3. The van der Waals surface area contributed by atoms with Crippen LogP contribution >= 0.6 is 0 Å². The molecule has 0 amide bonds. The molecular formula is C13H15NO4S. The highest BCUT2D eigenvalue weighted by Crippen LogP contribution is 2.19. The molecule has 1 aromatic rings. The van der Waals surface area contributed by atoms with E-state index in [2.05, 4.69) is 0 Å². The van der Waals surface area contributed by atoms with Gasteiger partial charge >= 0.3 is 5.97 Å². The molecule has 0 aliphatic carbocycles. The topological polar surface area (TPSA) is 87.4 Å². The van der Waals surface area contributed by atoms with Crippen LogP contribution in [-0.2, 0) is 21.3 Å². The van der Waals surface area contributed by atoms with Crippen molar-refractivity contribution in [1.29, 1.82) is 5.26 Å². The fourth-order valence-electron chi connectivity index (χ4n) is 1.53. The van der Waals surface area contributed by atoms with Crippen LogP contribution in [0.3, 0.4) is 0 Å². The first-order valence-electron chi connectivity index (χ1n) is 5.62. The Kier molecular flexibility index (Phi) is 5.52. The van der Waals surface area contributed by atoms with Gasteiger partial charge in [0.25, 0.3) is 0 Å². The van der Waals surface area contributed by atoms with Crippen LogP contribution in [0.1, 0.15) is 18.1 Å². The maximum absolute atomic E-state index is 11.8. The zero-order valence-corrected chi connectivity index (χ0v) is 11.6. The Morgan fingerprint density at radius 1 is 1.58 bits per heavy atom. The molecule has 1 aromatic carbocycles. The number of carboxylic acids is 1. The molecular weight excluding hydrogens is 266 g/mol. The van der Waals surface area contributed by atoms with Gasteiger partial charge in [0.1, 0.15) is 11.8 Å². The summed E-state index contributed by atoms with van der Waals surface area (Å²) in [5, 5.41) is 17.7. The number of nitriles is 1. The van der Waals surface area contributed by atoms with Crippen molar-refractivity contribution in [2.24, 2.45) is 5.92 Å². The van der Waals surface area contributed by atoms with Crippen molar-refractivity contribution in [2.45, 2.75) is 12.7 Å². The summed E-state index contributed by atoms with van der Waals surface area (Å²) in [5.41, 5.74) is 1.11. The Labute approximate surface area is 114 Å². The lowest BCUT2D eigenvalue weighted by molar-refractivity contribution is -0.140. The number of methoxy groups -OCH3 is 1. The smallest absolute Gasteiger partial charge is 0.307 e. The molecule has 0 heterocycles. The molecule has 2 atom stereocenters. The number of nitrogens with zero attached hydrogens (tertiary/aromatic N) is 1. The third-order valence-electron chi connectivity index (χ3n) is 2.57. The third kappa shape index (κ3) is 4.38. The molecule has 0 radical (unpaired) electrons. The average Bonchev–Trinajstić information content (AvgIpc) is 2.38. The lowest BCUT2D eigenvalue weighted by atomic mass is 10.1. The summed E-state index contributed by atoms with van der Waals surface area (Å²) in [4.78, 5) is 10.7. The van der Waals surface area contributed by atoms with Crippen LogP contribution in [0.15, 0.2) is 18.2 Å². The summed E-state index contributed by atoms with van der Waals surface area (Å²) >= 11 is 0. The van der Waals surface area contributed by atoms with Crippen molar-refractivity contribution in [3.05, 3.63) is 29.3 Å². The second-order valence-electron chi connectivity index (χ2n) is 4.14. The van der Waals surface area contributed by atoms with E-state index in [1.54, 1.807) is 18.2 Å². The van der Waals surface area contributed by atoms with Gasteiger partial charge in [0, 0.05) is 22.3 Å². The highest BCUT2D eigenvalue weighted by molar-refractivity contribution is 7.84. The molecule has 0 saturated carbocycles.